The highest BCUT2D eigenvalue weighted by atomic mass is 32.2. The molecule has 0 bridgehead atoms. The molecule has 0 saturated heterocycles. The van der Waals surface area contributed by atoms with Crippen molar-refractivity contribution in [1.82, 2.24) is 0 Å². The molecule has 0 radical (unpaired) electrons. The summed E-state index contributed by atoms with van der Waals surface area (Å²) in [4.78, 5) is 24.6. The summed E-state index contributed by atoms with van der Waals surface area (Å²) in [7, 11) is 0. The lowest BCUT2D eigenvalue weighted by Gasteiger charge is -2.29. The third-order valence-corrected chi connectivity index (χ3v) is 4.30. The third-order valence-electron chi connectivity index (χ3n) is 3.25. The number of nitrogens with zero attached hydrogens (tertiary/aromatic N) is 1. The molecule has 0 aromatic heterocycles. The van der Waals surface area contributed by atoms with Gasteiger partial charge < -0.3 is 15.7 Å². The van der Waals surface area contributed by atoms with Crippen molar-refractivity contribution in [2.45, 2.75) is 18.9 Å². The summed E-state index contributed by atoms with van der Waals surface area (Å²) in [5, 5.41) is 8.69. The fraction of sp³-hybridized carbons (Fsp3) is 0.429. The zero-order chi connectivity index (χ0) is 14.5. The van der Waals surface area contributed by atoms with E-state index in [0.717, 1.165) is 25.1 Å². The minimum absolute atomic E-state index is 0.0136. The minimum Gasteiger partial charge on any atom is -0.480 e. The van der Waals surface area contributed by atoms with E-state index in [1.165, 1.54) is 17.3 Å². The van der Waals surface area contributed by atoms with Crippen LogP contribution in [-0.4, -0.2) is 41.1 Å². The van der Waals surface area contributed by atoms with Crippen LogP contribution in [0.4, 0.5) is 5.69 Å². The van der Waals surface area contributed by atoms with Crippen molar-refractivity contribution in [3.63, 3.8) is 0 Å². The van der Waals surface area contributed by atoms with E-state index in [4.69, 9.17) is 10.8 Å². The zero-order valence-corrected chi connectivity index (χ0v) is 11.9. The highest BCUT2D eigenvalue weighted by molar-refractivity contribution is 8.00. The zero-order valence-electron chi connectivity index (χ0n) is 11.1. The number of rotatable bonds is 5. The van der Waals surface area contributed by atoms with Crippen LogP contribution in [0.25, 0.3) is 0 Å². The lowest BCUT2D eigenvalue weighted by atomic mass is 10.0. The van der Waals surface area contributed by atoms with Gasteiger partial charge in [0, 0.05) is 18.0 Å². The molecule has 1 aliphatic rings. The maximum Gasteiger partial charge on any atom is 0.321 e. The quantitative estimate of drug-likeness (QED) is 0.850. The molecule has 6 heteroatoms. The van der Waals surface area contributed by atoms with Gasteiger partial charge in [0.2, 0.25) is 5.91 Å². The number of carbonyl (C=O) groups is 2. The summed E-state index contributed by atoms with van der Waals surface area (Å²) < 4.78 is 0. The van der Waals surface area contributed by atoms with E-state index in [-0.39, 0.29) is 17.4 Å². The first-order chi connectivity index (χ1) is 9.59. The highest BCUT2D eigenvalue weighted by Gasteiger charge is 2.22. The number of anilines is 1. The molecule has 0 unspecified atom stereocenters. The number of para-hydroxylation sites is 1. The number of hydrogen-bond donors (Lipinski definition) is 2. The molecule has 1 aromatic carbocycles. The number of nitrogens with two attached hydrogens (primary N) is 1. The lowest BCUT2D eigenvalue weighted by molar-refractivity contribution is -0.137. The normalized spacial score (nSPS) is 15.6. The monoisotopic (exact) mass is 294 g/mol. The molecule has 3 N–H and O–H groups in total. The summed E-state index contributed by atoms with van der Waals surface area (Å²) in [5.41, 5.74) is 7.58. The third kappa shape index (κ3) is 3.52. The number of hydrogen-bond acceptors (Lipinski definition) is 4. The molecule has 0 spiro atoms. The number of aryl methyl sites for hydroxylation is 1. The van der Waals surface area contributed by atoms with E-state index in [2.05, 4.69) is 0 Å². The smallest absolute Gasteiger partial charge is 0.321 e. The topological polar surface area (TPSA) is 83.6 Å². The standard InChI is InChI=1S/C14H18N2O3S/c15-11(14(18)19)8-20-9-13(17)16-7-3-5-10-4-1-2-6-12(10)16/h1-2,4,6,11H,3,5,7-9,15H2,(H,18,19)/t11-/m1/s1. The van der Waals surface area contributed by atoms with Crippen LogP contribution in [-0.2, 0) is 16.0 Å². The molecule has 108 valence electrons. The number of thioether (sulfide) groups is 1. The Kier molecular flexibility index (Phi) is 5.03. The molecular formula is C14H18N2O3S. The highest BCUT2D eigenvalue weighted by Crippen LogP contribution is 2.27. The van der Waals surface area contributed by atoms with Gasteiger partial charge in [0.15, 0.2) is 0 Å². The van der Waals surface area contributed by atoms with E-state index in [0.29, 0.717) is 0 Å². The van der Waals surface area contributed by atoms with Crippen molar-refractivity contribution in [1.29, 1.82) is 0 Å². The van der Waals surface area contributed by atoms with Crippen LogP contribution in [0.15, 0.2) is 24.3 Å². The van der Waals surface area contributed by atoms with Crippen LogP contribution in [0.1, 0.15) is 12.0 Å². The van der Waals surface area contributed by atoms with Crippen LogP contribution in [0.3, 0.4) is 0 Å². The largest absolute Gasteiger partial charge is 0.480 e. The average molecular weight is 294 g/mol. The van der Waals surface area contributed by atoms with Crippen molar-refractivity contribution in [2.24, 2.45) is 5.73 Å². The summed E-state index contributed by atoms with van der Waals surface area (Å²) >= 11 is 1.27. The maximum atomic E-state index is 12.2. The maximum absolute atomic E-state index is 12.2. The van der Waals surface area contributed by atoms with Crippen molar-refractivity contribution in [3.05, 3.63) is 29.8 Å². The molecule has 2 rings (SSSR count). The van der Waals surface area contributed by atoms with Gasteiger partial charge in [-0.3, -0.25) is 9.59 Å². The summed E-state index contributed by atoms with van der Waals surface area (Å²) in [6.45, 7) is 0.724. The van der Waals surface area contributed by atoms with Crippen molar-refractivity contribution < 1.29 is 14.7 Å². The molecular weight excluding hydrogens is 276 g/mol. The molecule has 1 amide bonds. The summed E-state index contributed by atoms with van der Waals surface area (Å²) in [5.74, 6) is -0.515. The number of benzene rings is 1. The van der Waals surface area contributed by atoms with E-state index < -0.39 is 12.0 Å². The summed E-state index contributed by atoms with van der Waals surface area (Å²) in [6.07, 6.45) is 1.96. The van der Waals surface area contributed by atoms with Gasteiger partial charge in [0.25, 0.3) is 0 Å². The molecule has 1 aliphatic heterocycles. The Hall–Kier alpha value is -1.53. The Labute approximate surface area is 122 Å². The second-order valence-corrected chi connectivity index (χ2v) is 5.77. The fourth-order valence-corrected chi connectivity index (χ4v) is 3.06. The Morgan fingerprint density at radius 2 is 2.15 bits per heavy atom. The molecule has 1 atom stereocenters. The van der Waals surface area contributed by atoms with Crippen LogP contribution in [0.2, 0.25) is 0 Å². The number of carboxylic acids is 1. The van der Waals surface area contributed by atoms with Crippen molar-refractivity contribution in [3.8, 4) is 0 Å². The van der Waals surface area contributed by atoms with Gasteiger partial charge in [-0.1, -0.05) is 18.2 Å². The molecule has 1 heterocycles. The van der Waals surface area contributed by atoms with E-state index in [9.17, 15) is 9.59 Å². The Morgan fingerprint density at radius 1 is 1.40 bits per heavy atom. The number of carboxylic acid groups (broad SMARTS) is 1. The van der Waals surface area contributed by atoms with Gasteiger partial charge in [-0.25, -0.2) is 0 Å². The van der Waals surface area contributed by atoms with Gasteiger partial charge in [-0.2, -0.15) is 0 Å². The SMILES string of the molecule is N[C@H](CSCC(=O)N1CCCc2ccccc21)C(=O)O. The van der Waals surface area contributed by atoms with E-state index >= 15 is 0 Å². The van der Waals surface area contributed by atoms with Gasteiger partial charge in [0.05, 0.1) is 5.75 Å². The number of fused-ring (bicyclic) bond motifs is 1. The molecule has 0 fully saturated rings. The fourth-order valence-electron chi connectivity index (χ4n) is 2.22. The number of aliphatic carboxylic acids is 1. The predicted octanol–water partition coefficient (Wildman–Crippen LogP) is 1.11. The van der Waals surface area contributed by atoms with Gasteiger partial charge in [-0.05, 0) is 24.5 Å². The molecule has 5 nitrogen and oxygen atoms in total. The minimum atomic E-state index is -1.03. The van der Waals surface area contributed by atoms with Gasteiger partial charge in [-0.15, -0.1) is 11.8 Å². The van der Waals surface area contributed by atoms with Gasteiger partial charge >= 0.3 is 5.97 Å². The Balaban J connectivity index is 1.92. The van der Waals surface area contributed by atoms with Crippen LogP contribution in [0, 0.1) is 0 Å². The van der Waals surface area contributed by atoms with Crippen LogP contribution < -0.4 is 10.6 Å². The van der Waals surface area contributed by atoms with E-state index in [1.807, 2.05) is 24.3 Å². The average Bonchev–Trinajstić information content (AvgIpc) is 2.46. The van der Waals surface area contributed by atoms with Crippen LogP contribution >= 0.6 is 11.8 Å². The molecule has 0 aliphatic carbocycles. The van der Waals surface area contributed by atoms with Crippen molar-refractivity contribution >= 4 is 29.3 Å². The van der Waals surface area contributed by atoms with Crippen molar-refractivity contribution in [2.75, 3.05) is 23.0 Å². The van der Waals surface area contributed by atoms with Gasteiger partial charge in [0.1, 0.15) is 6.04 Å². The first-order valence-corrected chi connectivity index (χ1v) is 7.69. The van der Waals surface area contributed by atoms with E-state index in [1.54, 1.807) is 4.90 Å². The second-order valence-electron chi connectivity index (χ2n) is 4.74. The molecule has 20 heavy (non-hydrogen) atoms. The summed E-state index contributed by atoms with van der Waals surface area (Å²) in [6, 6.07) is 7.00. The number of amides is 1. The van der Waals surface area contributed by atoms with Crippen LogP contribution in [0.5, 0.6) is 0 Å². The first-order valence-electron chi connectivity index (χ1n) is 6.54. The first kappa shape index (κ1) is 14.9. The predicted molar refractivity (Wildman–Crippen MR) is 80.1 cm³/mol. The molecule has 0 saturated carbocycles. The molecule has 1 aromatic rings. The second kappa shape index (κ2) is 6.76. The Morgan fingerprint density at radius 3 is 2.90 bits per heavy atom. The Bertz CT molecular complexity index is 507. The number of carbonyl (C=O) groups excluding carboxylic acids is 1. The lowest BCUT2D eigenvalue weighted by Crippen LogP contribution is -2.37.